The summed E-state index contributed by atoms with van der Waals surface area (Å²) in [4.78, 5) is 25.4. The molecule has 5 rings (SSSR count). The Balaban J connectivity index is 1.75. The van der Waals surface area contributed by atoms with Crippen molar-refractivity contribution in [3.05, 3.63) is 126 Å². The minimum absolute atomic E-state index is 0.0996. The van der Waals surface area contributed by atoms with Gasteiger partial charge in [-0.25, -0.2) is 0 Å². The standard InChI is InChI=1S/C28H22Cl2O6/c1-33-23-13-35-21(11-19(23)31)27-25(15-7-3-5-9-17(15)29)26(16-8-4-6-10-18(16)30)28(27)22-12-20(32)24(34-2)14-36-22/h3-14,25-28H,1-2H3. The molecule has 1 aliphatic carbocycles. The van der Waals surface area contributed by atoms with Gasteiger partial charge in [-0.2, -0.15) is 0 Å². The van der Waals surface area contributed by atoms with Gasteiger partial charge in [0.1, 0.15) is 24.0 Å². The van der Waals surface area contributed by atoms with Crippen LogP contribution in [0.3, 0.4) is 0 Å². The van der Waals surface area contributed by atoms with Gasteiger partial charge in [-0.15, -0.1) is 0 Å². The molecule has 1 aliphatic rings. The Bertz CT molecular complexity index is 1410. The van der Waals surface area contributed by atoms with Crippen LogP contribution in [-0.2, 0) is 0 Å². The largest absolute Gasteiger partial charge is 0.490 e. The van der Waals surface area contributed by atoms with Crippen LogP contribution in [-0.4, -0.2) is 14.2 Å². The summed E-state index contributed by atoms with van der Waals surface area (Å²) in [5.41, 5.74) is 1.12. The predicted octanol–water partition coefficient (Wildman–Crippen LogP) is 6.37. The fourth-order valence-corrected chi connectivity index (χ4v) is 5.72. The van der Waals surface area contributed by atoms with E-state index in [1.807, 2.05) is 48.5 Å². The lowest BCUT2D eigenvalue weighted by Gasteiger charge is -2.51. The Morgan fingerprint density at radius 2 is 1.03 bits per heavy atom. The third-order valence-corrected chi connectivity index (χ3v) is 7.50. The quantitative estimate of drug-likeness (QED) is 0.291. The Kier molecular flexibility index (Phi) is 6.65. The normalized spacial score (nSPS) is 21.0. The molecular weight excluding hydrogens is 503 g/mol. The van der Waals surface area contributed by atoms with Crippen molar-refractivity contribution >= 4 is 23.2 Å². The maximum Gasteiger partial charge on any atom is 0.226 e. The monoisotopic (exact) mass is 524 g/mol. The molecule has 0 amide bonds. The van der Waals surface area contributed by atoms with Crippen molar-refractivity contribution in [2.45, 2.75) is 23.7 Å². The molecule has 0 bridgehead atoms. The molecule has 0 N–H and O–H groups in total. The number of rotatable bonds is 6. The lowest BCUT2D eigenvalue weighted by Crippen LogP contribution is -2.41. The Morgan fingerprint density at radius 1 is 0.639 bits per heavy atom. The molecule has 0 radical (unpaired) electrons. The van der Waals surface area contributed by atoms with Gasteiger partial charge in [0, 0.05) is 45.8 Å². The average molecular weight is 525 g/mol. The molecule has 6 nitrogen and oxygen atoms in total. The molecule has 4 atom stereocenters. The molecule has 0 aliphatic heterocycles. The van der Waals surface area contributed by atoms with Crippen molar-refractivity contribution in [3.63, 3.8) is 0 Å². The summed E-state index contributed by atoms with van der Waals surface area (Å²) < 4.78 is 22.0. The van der Waals surface area contributed by atoms with Crippen LogP contribution in [0, 0.1) is 0 Å². The van der Waals surface area contributed by atoms with Gasteiger partial charge in [-0.3, -0.25) is 9.59 Å². The molecule has 184 valence electrons. The van der Waals surface area contributed by atoms with E-state index in [1.165, 1.54) is 38.9 Å². The zero-order chi connectivity index (χ0) is 25.4. The first kappa shape index (κ1) is 24.2. The molecule has 4 aromatic rings. The van der Waals surface area contributed by atoms with Crippen LogP contribution < -0.4 is 20.3 Å². The number of methoxy groups -OCH3 is 2. The van der Waals surface area contributed by atoms with E-state index in [1.54, 1.807) is 0 Å². The summed E-state index contributed by atoms with van der Waals surface area (Å²) in [6.45, 7) is 0. The first-order chi connectivity index (χ1) is 17.4. The maximum atomic E-state index is 12.7. The summed E-state index contributed by atoms with van der Waals surface area (Å²) in [5, 5.41) is 1.16. The van der Waals surface area contributed by atoms with Crippen molar-refractivity contribution in [2.75, 3.05) is 14.2 Å². The van der Waals surface area contributed by atoms with Crippen LogP contribution in [0.5, 0.6) is 11.5 Å². The van der Waals surface area contributed by atoms with Crippen LogP contribution in [0.25, 0.3) is 0 Å². The molecule has 36 heavy (non-hydrogen) atoms. The second-order valence-electron chi connectivity index (χ2n) is 8.58. The van der Waals surface area contributed by atoms with E-state index in [-0.39, 0.29) is 46.0 Å². The number of halogens is 2. The molecule has 0 spiro atoms. The third kappa shape index (κ3) is 4.10. The third-order valence-electron chi connectivity index (χ3n) is 6.81. The van der Waals surface area contributed by atoms with E-state index in [0.29, 0.717) is 21.6 Å². The van der Waals surface area contributed by atoms with E-state index in [9.17, 15) is 9.59 Å². The lowest BCUT2D eigenvalue weighted by molar-refractivity contribution is 0.170. The van der Waals surface area contributed by atoms with E-state index >= 15 is 0 Å². The van der Waals surface area contributed by atoms with E-state index in [2.05, 4.69) is 0 Å². The predicted molar refractivity (Wildman–Crippen MR) is 137 cm³/mol. The smallest absolute Gasteiger partial charge is 0.226 e. The van der Waals surface area contributed by atoms with E-state index in [0.717, 1.165) is 11.1 Å². The highest BCUT2D eigenvalue weighted by Crippen LogP contribution is 2.67. The summed E-state index contributed by atoms with van der Waals surface area (Å²) in [6.07, 6.45) is 2.59. The molecule has 4 unspecified atom stereocenters. The Morgan fingerprint density at radius 3 is 1.36 bits per heavy atom. The number of ether oxygens (including phenoxy) is 2. The van der Waals surface area contributed by atoms with Crippen molar-refractivity contribution in [1.29, 1.82) is 0 Å². The number of benzene rings is 2. The summed E-state index contributed by atoms with van der Waals surface area (Å²) >= 11 is 13.4. The van der Waals surface area contributed by atoms with Gasteiger partial charge >= 0.3 is 0 Å². The first-order valence-electron chi connectivity index (χ1n) is 11.3. The van der Waals surface area contributed by atoms with E-state index < -0.39 is 0 Å². The van der Waals surface area contributed by atoms with Crippen LogP contribution in [0.1, 0.15) is 46.3 Å². The fraction of sp³-hybridized carbons (Fsp3) is 0.214. The molecular formula is C28H22Cl2O6. The van der Waals surface area contributed by atoms with Crippen molar-refractivity contribution in [1.82, 2.24) is 0 Å². The van der Waals surface area contributed by atoms with Crippen LogP contribution in [0.15, 0.2) is 91.6 Å². The van der Waals surface area contributed by atoms with Crippen LogP contribution in [0.2, 0.25) is 10.0 Å². The summed E-state index contributed by atoms with van der Waals surface area (Å²) in [7, 11) is 2.81. The molecule has 1 saturated carbocycles. The Labute approximate surface area is 217 Å². The van der Waals surface area contributed by atoms with Gasteiger partial charge in [0.2, 0.25) is 22.4 Å². The summed E-state index contributed by atoms with van der Waals surface area (Å²) in [5.74, 6) is -0.178. The topological polar surface area (TPSA) is 78.9 Å². The second-order valence-corrected chi connectivity index (χ2v) is 9.39. The fourth-order valence-electron chi connectivity index (χ4n) is 5.20. The van der Waals surface area contributed by atoms with E-state index in [4.69, 9.17) is 41.5 Å². The minimum atomic E-state index is -0.388. The average Bonchev–Trinajstić information content (AvgIpc) is 2.86. The molecule has 1 fully saturated rings. The molecule has 2 aromatic heterocycles. The highest BCUT2D eigenvalue weighted by molar-refractivity contribution is 6.32. The van der Waals surface area contributed by atoms with Crippen LogP contribution in [0.4, 0.5) is 0 Å². The molecule has 8 heteroatoms. The van der Waals surface area contributed by atoms with Crippen LogP contribution >= 0.6 is 23.2 Å². The lowest BCUT2D eigenvalue weighted by atomic mass is 9.51. The zero-order valence-electron chi connectivity index (χ0n) is 19.4. The number of hydrogen-bond acceptors (Lipinski definition) is 6. The van der Waals surface area contributed by atoms with Gasteiger partial charge < -0.3 is 18.3 Å². The Hall–Kier alpha value is -3.48. The molecule has 0 saturated heterocycles. The van der Waals surface area contributed by atoms with Gasteiger partial charge in [0.05, 0.1) is 14.2 Å². The summed E-state index contributed by atoms with van der Waals surface area (Å²) in [6, 6.07) is 17.9. The second kappa shape index (κ2) is 9.88. The number of hydrogen-bond donors (Lipinski definition) is 0. The first-order valence-corrected chi connectivity index (χ1v) is 12.0. The highest BCUT2D eigenvalue weighted by atomic mass is 35.5. The minimum Gasteiger partial charge on any atom is -0.490 e. The van der Waals surface area contributed by atoms with Crippen molar-refractivity contribution in [2.24, 2.45) is 0 Å². The maximum absolute atomic E-state index is 12.7. The highest BCUT2D eigenvalue weighted by Gasteiger charge is 2.56. The molecule has 2 heterocycles. The van der Waals surface area contributed by atoms with Gasteiger partial charge in [0.25, 0.3) is 0 Å². The van der Waals surface area contributed by atoms with Gasteiger partial charge in [-0.05, 0) is 23.3 Å². The zero-order valence-corrected chi connectivity index (χ0v) is 21.0. The van der Waals surface area contributed by atoms with Gasteiger partial charge in [0.15, 0.2) is 0 Å². The van der Waals surface area contributed by atoms with Crippen molar-refractivity contribution in [3.8, 4) is 11.5 Å². The van der Waals surface area contributed by atoms with Crippen molar-refractivity contribution < 1.29 is 18.3 Å². The van der Waals surface area contributed by atoms with Gasteiger partial charge in [-0.1, -0.05) is 59.6 Å². The SMILES string of the molecule is COc1coc(C2C(c3cc(=O)c(OC)co3)C(c3ccccc3Cl)C2c2ccccc2Cl)cc1=O. The molecule has 2 aromatic carbocycles.